The third kappa shape index (κ3) is 5.65. The Kier molecular flexibility index (Phi) is 6.97. The summed E-state index contributed by atoms with van der Waals surface area (Å²) in [6, 6.07) is 16.1. The zero-order chi connectivity index (χ0) is 20.6. The molecule has 1 aromatic heterocycles. The van der Waals surface area contributed by atoms with E-state index in [9.17, 15) is 9.59 Å². The van der Waals surface area contributed by atoms with E-state index in [1.54, 1.807) is 31.2 Å². The third-order valence-corrected chi connectivity index (χ3v) is 5.08. The molecule has 0 unspecified atom stereocenters. The molecular weight excluding hydrogens is 388 g/mol. The van der Waals surface area contributed by atoms with Crippen molar-refractivity contribution >= 4 is 28.9 Å². The standard InChI is InChI=1S/C22H22N2O4S/c1-3-12-27-22(26)16-8-7-9-17(13-16)24-21(25)20-15(2)23-19(29-20)14-28-18-10-5-4-6-11-18/h4-11,13H,3,12,14H2,1-2H3,(H,24,25). The molecule has 1 amide bonds. The van der Waals surface area contributed by atoms with E-state index in [1.807, 2.05) is 37.3 Å². The van der Waals surface area contributed by atoms with Crippen LogP contribution in [-0.4, -0.2) is 23.5 Å². The van der Waals surface area contributed by atoms with Crippen LogP contribution >= 0.6 is 11.3 Å². The van der Waals surface area contributed by atoms with Gasteiger partial charge in [-0.1, -0.05) is 31.2 Å². The summed E-state index contributed by atoms with van der Waals surface area (Å²) in [7, 11) is 0. The highest BCUT2D eigenvalue weighted by atomic mass is 32.1. The molecule has 1 heterocycles. The van der Waals surface area contributed by atoms with Gasteiger partial charge >= 0.3 is 5.97 Å². The van der Waals surface area contributed by atoms with Crippen molar-refractivity contribution in [2.45, 2.75) is 26.9 Å². The van der Waals surface area contributed by atoms with E-state index in [4.69, 9.17) is 9.47 Å². The minimum Gasteiger partial charge on any atom is -0.486 e. The van der Waals surface area contributed by atoms with Gasteiger partial charge < -0.3 is 14.8 Å². The van der Waals surface area contributed by atoms with Gasteiger partial charge in [-0.15, -0.1) is 11.3 Å². The Bertz CT molecular complexity index is 985. The average Bonchev–Trinajstić information content (AvgIpc) is 3.12. The second-order valence-corrected chi connectivity index (χ2v) is 7.38. The molecule has 150 valence electrons. The van der Waals surface area contributed by atoms with Gasteiger partial charge in [-0.3, -0.25) is 4.79 Å². The summed E-state index contributed by atoms with van der Waals surface area (Å²) in [5.41, 5.74) is 1.56. The van der Waals surface area contributed by atoms with Crippen molar-refractivity contribution in [3.05, 3.63) is 75.7 Å². The number of rotatable bonds is 8. The molecule has 0 aliphatic carbocycles. The van der Waals surface area contributed by atoms with Gasteiger partial charge in [-0.2, -0.15) is 0 Å². The normalized spacial score (nSPS) is 10.4. The van der Waals surface area contributed by atoms with E-state index in [1.165, 1.54) is 11.3 Å². The lowest BCUT2D eigenvalue weighted by atomic mass is 10.2. The molecule has 0 atom stereocenters. The van der Waals surface area contributed by atoms with Crippen LogP contribution in [0.5, 0.6) is 5.75 Å². The van der Waals surface area contributed by atoms with Crippen molar-refractivity contribution in [3.63, 3.8) is 0 Å². The van der Waals surface area contributed by atoms with Gasteiger partial charge in [-0.25, -0.2) is 9.78 Å². The predicted molar refractivity (Wildman–Crippen MR) is 113 cm³/mol. The van der Waals surface area contributed by atoms with E-state index in [-0.39, 0.29) is 5.91 Å². The van der Waals surface area contributed by atoms with Crippen LogP contribution in [-0.2, 0) is 11.3 Å². The maximum atomic E-state index is 12.7. The molecule has 0 aliphatic rings. The van der Waals surface area contributed by atoms with Crippen LogP contribution in [0.4, 0.5) is 5.69 Å². The number of hydrogen-bond donors (Lipinski definition) is 1. The van der Waals surface area contributed by atoms with Crippen molar-refractivity contribution in [2.75, 3.05) is 11.9 Å². The summed E-state index contributed by atoms with van der Waals surface area (Å²) in [6.45, 7) is 4.38. The number of aryl methyl sites for hydroxylation is 1. The SMILES string of the molecule is CCCOC(=O)c1cccc(NC(=O)c2sc(COc3ccccc3)nc2C)c1. The van der Waals surface area contributed by atoms with E-state index >= 15 is 0 Å². The van der Waals surface area contributed by atoms with Gasteiger partial charge in [0.05, 0.1) is 17.9 Å². The number of thiazole rings is 1. The highest BCUT2D eigenvalue weighted by Gasteiger charge is 2.17. The van der Waals surface area contributed by atoms with Crippen LogP contribution in [0.1, 0.15) is 44.1 Å². The molecule has 29 heavy (non-hydrogen) atoms. The Hall–Kier alpha value is -3.19. The van der Waals surface area contributed by atoms with Crippen LogP contribution in [0.3, 0.4) is 0 Å². The quantitative estimate of drug-likeness (QED) is 0.537. The summed E-state index contributed by atoms with van der Waals surface area (Å²) >= 11 is 1.29. The molecule has 0 aliphatic heterocycles. The Morgan fingerprint density at radius 2 is 1.90 bits per heavy atom. The number of carbonyl (C=O) groups is 2. The lowest BCUT2D eigenvalue weighted by Gasteiger charge is -2.07. The number of nitrogens with one attached hydrogen (secondary N) is 1. The van der Waals surface area contributed by atoms with E-state index in [0.717, 1.165) is 12.2 Å². The number of nitrogens with zero attached hydrogens (tertiary/aromatic N) is 1. The maximum absolute atomic E-state index is 12.7. The first-order valence-electron chi connectivity index (χ1n) is 9.29. The number of amides is 1. The summed E-state index contributed by atoms with van der Waals surface area (Å²) in [5, 5.41) is 3.54. The fourth-order valence-corrected chi connectivity index (χ4v) is 3.45. The Balaban J connectivity index is 1.65. The molecule has 3 aromatic rings. The van der Waals surface area contributed by atoms with Crippen LogP contribution in [0, 0.1) is 6.92 Å². The third-order valence-electron chi connectivity index (χ3n) is 3.95. The summed E-state index contributed by atoms with van der Waals surface area (Å²) in [5.74, 6) is 0.0698. The van der Waals surface area contributed by atoms with Crippen LogP contribution in [0.25, 0.3) is 0 Å². The zero-order valence-corrected chi connectivity index (χ0v) is 17.1. The second kappa shape index (κ2) is 9.84. The zero-order valence-electron chi connectivity index (χ0n) is 16.3. The average molecular weight is 410 g/mol. The molecular formula is C22H22N2O4S. The van der Waals surface area contributed by atoms with Crippen LogP contribution in [0.2, 0.25) is 0 Å². The number of anilines is 1. The minimum atomic E-state index is -0.405. The Labute approximate surface area is 173 Å². The Morgan fingerprint density at radius 1 is 1.10 bits per heavy atom. The van der Waals surface area contributed by atoms with Crippen molar-refractivity contribution < 1.29 is 19.1 Å². The summed E-state index contributed by atoms with van der Waals surface area (Å²) in [4.78, 5) is 29.6. The van der Waals surface area contributed by atoms with Crippen molar-refractivity contribution in [3.8, 4) is 5.75 Å². The largest absolute Gasteiger partial charge is 0.486 e. The van der Waals surface area contributed by atoms with Gasteiger partial charge in [0, 0.05) is 5.69 Å². The van der Waals surface area contributed by atoms with Gasteiger partial charge in [-0.05, 0) is 43.7 Å². The monoisotopic (exact) mass is 410 g/mol. The number of carbonyl (C=O) groups excluding carboxylic acids is 2. The van der Waals surface area contributed by atoms with E-state index in [0.29, 0.717) is 40.0 Å². The van der Waals surface area contributed by atoms with E-state index < -0.39 is 5.97 Å². The molecule has 0 radical (unpaired) electrons. The topological polar surface area (TPSA) is 77.5 Å². The molecule has 3 rings (SSSR count). The maximum Gasteiger partial charge on any atom is 0.338 e. The molecule has 2 aromatic carbocycles. The van der Waals surface area contributed by atoms with Crippen molar-refractivity contribution in [1.29, 1.82) is 0 Å². The number of esters is 1. The number of benzene rings is 2. The second-order valence-electron chi connectivity index (χ2n) is 6.29. The highest BCUT2D eigenvalue weighted by molar-refractivity contribution is 7.13. The fourth-order valence-electron chi connectivity index (χ4n) is 2.58. The molecule has 0 saturated heterocycles. The van der Waals surface area contributed by atoms with Crippen LogP contribution < -0.4 is 10.1 Å². The minimum absolute atomic E-state index is 0.273. The molecule has 6 nitrogen and oxygen atoms in total. The molecule has 0 fully saturated rings. The molecule has 0 saturated carbocycles. The lowest BCUT2D eigenvalue weighted by molar-refractivity contribution is 0.0505. The number of ether oxygens (including phenoxy) is 2. The van der Waals surface area contributed by atoms with Crippen molar-refractivity contribution in [1.82, 2.24) is 4.98 Å². The lowest BCUT2D eigenvalue weighted by Crippen LogP contribution is -2.12. The number of aromatic nitrogens is 1. The first-order valence-corrected chi connectivity index (χ1v) is 10.1. The Morgan fingerprint density at radius 3 is 2.66 bits per heavy atom. The summed E-state index contributed by atoms with van der Waals surface area (Å²) < 4.78 is 10.8. The van der Waals surface area contributed by atoms with Crippen molar-refractivity contribution in [2.24, 2.45) is 0 Å². The number of hydrogen-bond acceptors (Lipinski definition) is 6. The highest BCUT2D eigenvalue weighted by Crippen LogP contribution is 2.22. The predicted octanol–water partition coefficient (Wildman–Crippen LogP) is 4.85. The smallest absolute Gasteiger partial charge is 0.338 e. The van der Waals surface area contributed by atoms with Crippen LogP contribution in [0.15, 0.2) is 54.6 Å². The first-order chi connectivity index (χ1) is 14.1. The fraction of sp³-hybridized carbons (Fsp3) is 0.227. The van der Waals surface area contributed by atoms with E-state index in [2.05, 4.69) is 10.3 Å². The molecule has 0 spiro atoms. The van der Waals surface area contributed by atoms with Gasteiger partial charge in [0.1, 0.15) is 22.2 Å². The van der Waals surface area contributed by atoms with Gasteiger partial charge in [0.2, 0.25) is 0 Å². The van der Waals surface area contributed by atoms with Gasteiger partial charge in [0.25, 0.3) is 5.91 Å². The summed E-state index contributed by atoms with van der Waals surface area (Å²) in [6.07, 6.45) is 0.753. The van der Waals surface area contributed by atoms with Gasteiger partial charge in [0.15, 0.2) is 0 Å². The number of para-hydroxylation sites is 1. The molecule has 7 heteroatoms. The molecule has 0 bridgehead atoms. The molecule has 1 N–H and O–H groups in total. The first kappa shape index (κ1) is 20.5.